The van der Waals surface area contributed by atoms with Gasteiger partial charge in [0.1, 0.15) is 0 Å². The van der Waals surface area contributed by atoms with E-state index in [1.165, 1.54) is 31.2 Å². The number of likely N-dealkylation sites (N-methyl/N-ethyl adjacent to an activating group) is 1. The predicted octanol–water partition coefficient (Wildman–Crippen LogP) is 3.24. The Kier molecular flexibility index (Phi) is 6.52. The third-order valence-electron chi connectivity index (χ3n) is 3.53. The molecule has 0 bridgehead atoms. The summed E-state index contributed by atoms with van der Waals surface area (Å²) in [6.45, 7) is -0.0984. The summed E-state index contributed by atoms with van der Waals surface area (Å²) in [7, 11) is 2.91. The van der Waals surface area contributed by atoms with Gasteiger partial charge in [-0.2, -0.15) is 0 Å². The molecule has 0 aromatic heterocycles. The molecule has 5 nitrogen and oxygen atoms in total. The molecule has 0 fully saturated rings. The number of para-hydroxylation sites is 1. The number of halogens is 2. The van der Waals surface area contributed by atoms with E-state index in [0.29, 0.717) is 11.3 Å². The lowest BCUT2D eigenvalue weighted by Gasteiger charge is -2.17. The number of carbonyl (C=O) groups is 2. The third-order valence-corrected chi connectivity index (χ3v) is 4.22. The van der Waals surface area contributed by atoms with E-state index in [4.69, 9.17) is 4.74 Å². The summed E-state index contributed by atoms with van der Waals surface area (Å²) in [4.78, 5) is 25.6. The highest BCUT2D eigenvalue weighted by Crippen LogP contribution is 2.21. The first-order valence-corrected chi connectivity index (χ1v) is 8.30. The number of ether oxygens (including phenoxy) is 1. The summed E-state index contributed by atoms with van der Waals surface area (Å²) < 4.78 is 19.3. The second kappa shape index (κ2) is 8.62. The minimum atomic E-state index is -0.526. The number of carbonyl (C=O) groups excluding carboxylic acids is 2. The van der Waals surface area contributed by atoms with Gasteiger partial charge >= 0.3 is 0 Å². The fraction of sp³-hybridized carbons (Fsp3) is 0.222. The van der Waals surface area contributed by atoms with Crippen LogP contribution in [0.2, 0.25) is 0 Å². The molecule has 1 N–H and O–H groups in total. The van der Waals surface area contributed by atoms with Gasteiger partial charge in [-0.25, -0.2) is 4.39 Å². The summed E-state index contributed by atoms with van der Waals surface area (Å²) in [5, 5.41) is 2.73. The first kappa shape index (κ1) is 18.9. The lowest BCUT2D eigenvalue weighted by Crippen LogP contribution is -2.35. The van der Waals surface area contributed by atoms with Crippen LogP contribution in [0, 0.1) is 5.82 Å². The molecule has 132 valence electrons. The van der Waals surface area contributed by atoms with E-state index in [2.05, 4.69) is 21.2 Å². The zero-order valence-electron chi connectivity index (χ0n) is 13.9. The lowest BCUT2D eigenvalue weighted by atomic mass is 10.1. The topological polar surface area (TPSA) is 58.6 Å². The van der Waals surface area contributed by atoms with Gasteiger partial charge in [-0.1, -0.05) is 18.2 Å². The van der Waals surface area contributed by atoms with Crippen LogP contribution < -0.4 is 10.1 Å². The summed E-state index contributed by atoms with van der Waals surface area (Å²) >= 11 is 3.34. The van der Waals surface area contributed by atoms with Crippen LogP contribution in [0.5, 0.6) is 5.75 Å². The van der Waals surface area contributed by atoms with E-state index in [-0.39, 0.29) is 30.5 Å². The Morgan fingerprint density at radius 1 is 1.24 bits per heavy atom. The molecular weight excluding hydrogens is 391 g/mol. The summed E-state index contributed by atoms with van der Waals surface area (Å²) in [5.74, 6) is -1.00. The van der Waals surface area contributed by atoms with Crippen molar-refractivity contribution in [1.82, 2.24) is 4.90 Å². The van der Waals surface area contributed by atoms with E-state index in [1.807, 2.05) is 12.1 Å². The maximum Gasteiger partial charge on any atom is 0.244 e. The van der Waals surface area contributed by atoms with E-state index in [9.17, 15) is 14.0 Å². The van der Waals surface area contributed by atoms with E-state index in [1.54, 1.807) is 18.2 Å². The van der Waals surface area contributed by atoms with Crippen molar-refractivity contribution in [1.29, 1.82) is 0 Å². The maximum absolute atomic E-state index is 13.7. The average molecular weight is 409 g/mol. The second-order valence-electron chi connectivity index (χ2n) is 5.42. The molecule has 7 heteroatoms. The molecule has 0 aliphatic rings. The van der Waals surface area contributed by atoms with Gasteiger partial charge < -0.3 is 15.0 Å². The Labute approximate surface area is 153 Å². The summed E-state index contributed by atoms with van der Waals surface area (Å²) in [6, 6.07) is 11.5. The molecule has 0 saturated carbocycles. The minimum absolute atomic E-state index is 0.000272. The molecule has 0 radical (unpaired) electrons. The molecule has 0 heterocycles. The standard InChI is InChI=1S/C18H18BrFN2O3/c1-22(11-17(23)21-15-6-4-3-5-13(15)19)18(24)10-12-7-8-16(25-2)14(20)9-12/h3-9H,10-11H2,1-2H3,(H,21,23). The van der Waals surface area contributed by atoms with Crippen molar-refractivity contribution < 1.29 is 18.7 Å². The Balaban J connectivity index is 1.92. The zero-order chi connectivity index (χ0) is 18.4. The van der Waals surface area contributed by atoms with E-state index < -0.39 is 5.82 Å². The smallest absolute Gasteiger partial charge is 0.244 e. The monoisotopic (exact) mass is 408 g/mol. The molecule has 0 aliphatic heterocycles. The number of benzene rings is 2. The Hall–Kier alpha value is -2.41. The maximum atomic E-state index is 13.7. The van der Waals surface area contributed by atoms with Gasteiger partial charge in [-0.15, -0.1) is 0 Å². The minimum Gasteiger partial charge on any atom is -0.494 e. The van der Waals surface area contributed by atoms with Gasteiger partial charge in [0.25, 0.3) is 0 Å². The Bertz CT molecular complexity index is 783. The zero-order valence-corrected chi connectivity index (χ0v) is 15.5. The van der Waals surface area contributed by atoms with Crippen LogP contribution in [0.25, 0.3) is 0 Å². The Morgan fingerprint density at radius 2 is 1.96 bits per heavy atom. The van der Waals surface area contributed by atoms with Gasteiger partial charge in [-0.3, -0.25) is 9.59 Å². The lowest BCUT2D eigenvalue weighted by molar-refractivity contribution is -0.132. The second-order valence-corrected chi connectivity index (χ2v) is 6.28. The van der Waals surface area contributed by atoms with Crippen molar-refractivity contribution in [3.63, 3.8) is 0 Å². The normalized spacial score (nSPS) is 10.2. The quantitative estimate of drug-likeness (QED) is 0.797. The number of hydrogen-bond acceptors (Lipinski definition) is 3. The number of methoxy groups -OCH3 is 1. The molecule has 0 aliphatic carbocycles. The van der Waals surface area contributed by atoms with Crippen molar-refractivity contribution in [2.75, 3.05) is 26.0 Å². The van der Waals surface area contributed by atoms with E-state index in [0.717, 1.165) is 4.47 Å². The molecular formula is C18H18BrFN2O3. The molecule has 0 saturated heterocycles. The SMILES string of the molecule is COc1ccc(CC(=O)N(C)CC(=O)Nc2ccccc2Br)cc1F. The number of rotatable bonds is 6. The molecule has 0 unspecified atom stereocenters. The highest BCUT2D eigenvalue weighted by atomic mass is 79.9. The van der Waals surface area contributed by atoms with Crippen molar-refractivity contribution in [3.05, 3.63) is 58.3 Å². The average Bonchev–Trinajstić information content (AvgIpc) is 2.57. The predicted molar refractivity (Wildman–Crippen MR) is 97.1 cm³/mol. The Morgan fingerprint density at radius 3 is 2.60 bits per heavy atom. The number of nitrogens with one attached hydrogen (secondary N) is 1. The van der Waals surface area contributed by atoms with Crippen LogP contribution in [0.3, 0.4) is 0 Å². The first-order valence-electron chi connectivity index (χ1n) is 7.51. The molecule has 2 rings (SSSR count). The summed E-state index contributed by atoms with van der Waals surface area (Å²) in [5.41, 5.74) is 1.15. The molecule has 2 amide bonds. The molecule has 0 spiro atoms. The first-order chi connectivity index (χ1) is 11.9. The molecule has 2 aromatic carbocycles. The number of amides is 2. The number of nitrogens with zero attached hydrogens (tertiary/aromatic N) is 1. The van der Waals surface area contributed by atoms with E-state index >= 15 is 0 Å². The van der Waals surface area contributed by atoms with Crippen LogP contribution in [0.15, 0.2) is 46.9 Å². The van der Waals surface area contributed by atoms with Gasteiger partial charge in [0.05, 0.1) is 25.8 Å². The van der Waals surface area contributed by atoms with Crippen LogP contribution in [0.1, 0.15) is 5.56 Å². The highest BCUT2D eigenvalue weighted by molar-refractivity contribution is 9.10. The number of anilines is 1. The van der Waals surface area contributed by atoms with Gasteiger partial charge in [0, 0.05) is 11.5 Å². The molecule has 25 heavy (non-hydrogen) atoms. The van der Waals surface area contributed by atoms with Gasteiger partial charge in [0.2, 0.25) is 11.8 Å². The molecule has 2 aromatic rings. The van der Waals surface area contributed by atoms with Crippen molar-refractivity contribution >= 4 is 33.4 Å². The van der Waals surface area contributed by atoms with Crippen molar-refractivity contribution in [2.24, 2.45) is 0 Å². The largest absolute Gasteiger partial charge is 0.494 e. The van der Waals surface area contributed by atoms with Gasteiger partial charge in [-0.05, 0) is 45.8 Å². The fourth-order valence-electron chi connectivity index (χ4n) is 2.19. The van der Waals surface area contributed by atoms with Crippen LogP contribution in [-0.4, -0.2) is 37.4 Å². The van der Waals surface area contributed by atoms with Crippen LogP contribution >= 0.6 is 15.9 Å². The number of hydrogen-bond donors (Lipinski definition) is 1. The highest BCUT2D eigenvalue weighted by Gasteiger charge is 2.15. The fourth-order valence-corrected chi connectivity index (χ4v) is 2.57. The molecule has 0 atom stereocenters. The van der Waals surface area contributed by atoms with Crippen LogP contribution in [0.4, 0.5) is 10.1 Å². The van der Waals surface area contributed by atoms with Gasteiger partial charge in [0.15, 0.2) is 11.6 Å². The summed E-state index contributed by atoms with van der Waals surface area (Å²) in [6.07, 6.45) is -0.000272. The van der Waals surface area contributed by atoms with Crippen molar-refractivity contribution in [3.8, 4) is 5.75 Å². The third kappa shape index (κ3) is 5.29. The van der Waals surface area contributed by atoms with Crippen LogP contribution in [-0.2, 0) is 16.0 Å². The van der Waals surface area contributed by atoms with Crippen molar-refractivity contribution in [2.45, 2.75) is 6.42 Å².